The Morgan fingerprint density at radius 2 is 2.00 bits per heavy atom. The van der Waals surface area contributed by atoms with E-state index in [1.807, 2.05) is 0 Å². The Balaban J connectivity index is 1.84. The fourth-order valence-corrected chi connectivity index (χ4v) is 4.48. The number of anilines is 1. The second kappa shape index (κ2) is 6.43. The maximum atomic E-state index is 14.3. The van der Waals surface area contributed by atoms with E-state index in [1.165, 1.54) is 29.3 Å². The van der Waals surface area contributed by atoms with Gasteiger partial charge in [-0.15, -0.1) is 0 Å². The summed E-state index contributed by atoms with van der Waals surface area (Å²) in [6, 6.07) is 2.59. The number of hydrogen-bond donors (Lipinski definition) is 1. The molecule has 5 nitrogen and oxygen atoms in total. The molecular formula is C14H18BrFN2O3S. The van der Waals surface area contributed by atoms with Gasteiger partial charge >= 0.3 is 0 Å². The van der Waals surface area contributed by atoms with Gasteiger partial charge in [0.1, 0.15) is 10.7 Å². The van der Waals surface area contributed by atoms with Crippen molar-refractivity contribution < 1.29 is 17.5 Å². The molecule has 0 amide bonds. The van der Waals surface area contributed by atoms with E-state index in [1.54, 1.807) is 0 Å². The molecule has 8 heteroatoms. The minimum Gasteiger partial charge on any atom is -0.384 e. The molecule has 1 saturated carbocycles. The van der Waals surface area contributed by atoms with Crippen molar-refractivity contribution in [2.75, 3.05) is 38.2 Å². The van der Waals surface area contributed by atoms with Crippen molar-refractivity contribution in [3.8, 4) is 0 Å². The van der Waals surface area contributed by atoms with E-state index < -0.39 is 15.8 Å². The Kier molecular flexibility index (Phi) is 4.72. The van der Waals surface area contributed by atoms with E-state index in [-0.39, 0.29) is 18.0 Å². The zero-order valence-corrected chi connectivity index (χ0v) is 14.4. The van der Waals surface area contributed by atoms with Gasteiger partial charge in [0.15, 0.2) is 0 Å². The largest absolute Gasteiger partial charge is 0.384 e. The Labute approximate surface area is 138 Å². The SMILES string of the molecule is O=S(=O)(c1cc(Br)c(NCC2CC2)cc1F)N1CCOCC1. The highest BCUT2D eigenvalue weighted by Crippen LogP contribution is 2.33. The quantitative estimate of drug-likeness (QED) is 0.835. The molecule has 1 N–H and O–H groups in total. The molecule has 122 valence electrons. The van der Waals surface area contributed by atoms with Crippen LogP contribution in [0.3, 0.4) is 0 Å². The molecule has 1 aliphatic heterocycles. The first-order valence-corrected chi connectivity index (χ1v) is 9.52. The third-order valence-corrected chi connectivity index (χ3v) is 6.46. The molecule has 0 atom stereocenters. The smallest absolute Gasteiger partial charge is 0.246 e. The number of rotatable bonds is 5. The van der Waals surface area contributed by atoms with Crippen LogP contribution in [-0.4, -0.2) is 45.6 Å². The Morgan fingerprint density at radius 3 is 2.64 bits per heavy atom. The third kappa shape index (κ3) is 3.45. The van der Waals surface area contributed by atoms with E-state index in [9.17, 15) is 12.8 Å². The highest BCUT2D eigenvalue weighted by molar-refractivity contribution is 9.10. The number of hydrogen-bond acceptors (Lipinski definition) is 4. The third-order valence-electron chi connectivity index (χ3n) is 3.89. The van der Waals surface area contributed by atoms with E-state index in [2.05, 4.69) is 21.2 Å². The van der Waals surface area contributed by atoms with Crippen molar-refractivity contribution in [3.05, 3.63) is 22.4 Å². The summed E-state index contributed by atoms with van der Waals surface area (Å²) in [5, 5.41) is 3.16. The van der Waals surface area contributed by atoms with Crippen molar-refractivity contribution in [2.45, 2.75) is 17.7 Å². The van der Waals surface area contributed by atoms with Crippen molar-refractivity contribution >= 4 is 31.6 Å². The number of benzene rings is 1. The molecule has 2 aliphatic rings. The summed E-state index contributed by atoms with van der Waals surface area (Å²) >= 11 is 3.33. The predicted molar refractivity (Wildman–Crippen MR) is 84.9 cm³/mol. The average molecular weight is 393 g/mol. The van der Waals surface area contributed by atoms with Crippen LogP contribution in [0.1, 0.15) is 12.8 Å². The van der Waals surface area contributed by atoms with E-state index in [0.29, 0.717) is 29.3 Å². The zero-order valence-electron chi connectivity index (χ0n) is 12.0. The number of ether oxygens (including phenoxy) is 1. The van der Waals surface area contributed by atoms with Gasteiger partial charge in [0, 0.05) is 24.1 Å². The Morgan fingerprint density at radius 1 is 1.32 bits per heavy atom. The second-order valence-corrected chi connectivity index (χ2v) is 8.36. The molecule has 0 aromatic heterocycles. The second-order valence-electron chi connectivity index (χ2n) is 5.60. The van der Waals surface area contributed by atoms with Crippen molar-refractivity contribution in [1.29, 1.82) is 0 Å². The summed E-state index contributed by atoms with van der Waals surface area (Å²) < 4.78 is 46.4. The van der Waals surface area contributed by atoms with E-state index in [0.717, 1.165) is 6.54 Å². The van der Waals surface area contributed by atoms with Crippen molar-refractivity contribution in [2.24, 2.45) is 5.92 Å². The highest BCUT2D eigenvalue weighted by Gasteiger charge is 2.30. The highest BCUT2D eigenvalue weighted by atomic mass is 79.9. The fourth-order valence-electron chi connectivity index (χ4n) is 2.36. The van der Waals surface area contributed by atoms with Gasteiger partial charge in [-0.05, 0) is 46.8 Å². The minimum absolute atomic E-state index is 0.251. The molecule has 0 unspecified atom stereocenters. The monoisotopic (exact) mass is 392 g/mol. The van der Waals surface area contributed by atoms with Gasteiger partial charge in [0.05, 0.1) is 18.9 Å². The van der Waals surface area contributed by atoms with Crippen LogP contribution in [0, 0.1) is 11.7 Å². The predicted octanol–water partition coefficient (Wildman–Crippen LogP) is 2.43. The molecule has 3 rings (SSSR count). The molecule has 1 aromatic rings. The van der Waals surface area contributed by atoms with Crippen LogP contribution in [0.2, 0.25) is 0 Å². The van der Waals surface area contributed by atoms with Crippen LogP contribution in [0.5, 0.6) is 0 Å². The number of halogens is 2. The number of nitrogens with one attached hydrogen (secondary N) is 1. The molecule has 1 aliphatic carbocycles. The van der Waals surface area contributed by atoms with Gasteiger partial charge in [0.2, 0.25) is 10.0 Å². The minimum atomic E-state index is -3.83. The summed E-state index contributed by atoms with van der Waals surface area (Å²) in [4.78, 5) is -0.293. The lowest BCUT2D eigenvalue weighted by atomic mass is 10.3. The zero-order chi connectivity index (χ0) is 15.7. The van der Waals surface area contributed by atoms with Crippen LogP contribution in [0.15, 0.2) is 21.5 Å². The van der Waals surface area contributed by atoms with Gasteiger partial charge in [-0.2, -0.15) is 4.31 Å². The first-order valence-electron chi connectivity index (χ1n) is 7.29. The van der Waals surface area contributed by atoms with Gasteiger partial charge in [-0.25, -0.2) is 12.8 Å². The molecule has 22 heavy (non-hydrogen) atoms. The maximum absolute atomic E-state index is 14.3. The van der Waals surface area contributed by atoms with Gasteiger partial charge in [0.25, 0.3) is 0 Å². The Hall–Kier alpha value is -0.700. The van der Waals surface area contributed by atoms with Crippen LogP contribution < -0.4 is 5.32 Å². The summed E-state index contributed by atoms with van der Waals surface area (Å²) in [6.45, 7) is 1.96. The normalized spacial score (nSPS) is 20.1. The van der Waals surface area contributed by atoms with Gasteiger partial charge < -0.3 is 10.1 Å². The molecular weight excluding hydrogens is 375 g/mol. The molecule has 1 heterocycles. The average Bonchev–Trinajstić information content (AvgIpc) is 3.33. The first kappa shape index (κ1) is 16.2. The summed E-state index contributed by atoms with van der Waals surface area (Å²) in [7, 11) is -3.83. The van der Waals surface area contributed by atoms with E-state index >= 15 is 0 Å². The lowest BCUT2D eigenvalue weighted by Crippen LogP contribution is -2.40. The molecule has 1 aromatic carbocycles. The Bertz CT molecular complexity index is 658. The van der Waals surface area contributed by atoms with E-state index in [4.69, 9.17) is 4.74 Å². The first-order chi connectivity index (χ1) is 10.5. The van der Waals surface area contributed by atoms with Crippen molar-refractivity contribution in [3.63, 3.8) is 0 Å². The summed E-state index contributed by atoms with van der Waals surface area (Å²) in [6.07, 6.45) is 2.38. The lowest BCUT2D eigenvalue weighted by Gasteiger charge is -2.26. The molecule has 0 radical (unpaired) electrons. The van der Waals surface area contributed by atoms with Gasteiger partial charge in [-0.1, -0.05) is 0 Å². The fraction of sp³-hybridized carbons (Fsp3) is 0.571. The molecule has 1 saturated heterocycles. The number of sulfonamides is 1. The molecule has 2 fully saturated rings. The van der Waals surface area contributed by atoms with Crippen molar-refractivity contribution in [1.82, 2.24) is 4.31 Å². The molecule has 0 spiro atoms. The maximum Gasteiger partial charge on any atom is 0.246 e. The summed E-state index contributed by atoms with van der Waals surface area (Å²) in [5.74, 6) is -0.0836. The molecule has 0 bridgehead atoms. The van der Waals surface area contributed by atoms with Crippen LogP contribution in [0.25, 0.3) is 0 Å². The number of nitrogens with zero attached hydrogens (tertiary/aromatic N) is 1. The van der Waals surface area contributed by atoms with Crippen LogP contribution in [-0.2, 0) is 14.8 Å². The van der Waals surface area contributed by atoms with Gasteiger partial charge in [-0.3, -0.25) is 0 Å². The number of morpholine rings is 1. The topological polar surface area (TPSA) is 58.6 Å². The lowest BCUT2D eigenvalue weighted by molar-refractivity contribution is 0.0729. The standard InChI is InChI=1S/C14H18BrFN2O3S/c15-11-7-14(22(19,20)18-3-5-21-6-4-18)12(16)8-13(11)17-9-10-1-2-10/h7-8,10,17H,1-6,9H2. The summed E-state index contributed by atoms with van der Waals surface area (Å²) in [5.41, 5.74) is 0.588. The van der Waals surface area contributed by atoms with Crippen LogP contribution >= 0.6 is 15.9 Å². The van der Waals surface area contributed by atoms with Crippen LogP contribution in [0.4, 0.5) is 10.1 Å².